The van der Waals surface area contributed by atoms with E-state index in [0.29, 0.717) is 16.2 Å². The first-order valence-corrected chi connectivity index (χ1v) is 9.58. The third-order valence-corrected chi connectivity index (χ3v) is 5.66. The zero-order chi connectivity index (χ0) is 19.8. The Morgan fingerprint density at radius 3 is 2.75 bits per heavy atom. The van der Waals surface area contributed by atoms with Crippen molar-refractivity contribution in [2.45, 2.75) is 6.92 Å². The number of carbonyl (C=O) groups is 2. The summed E-state index contributed by atoms with van der Waals surface area (Å²) < 4.78 is 5.77. The summed E-state index contributed by atoms with van der Waals surface area (Å²) in [6.07, 6.45) is 1.70. The van der Waals surface area contributed by atoms with Crippen LogP contribution >= 0.6 is 24.0 Å². The maximum Gasteiger partial charge on any atom is 0.323 e. The number of hydrogen-bond acceptors (Lipinski definition) is 6. The van der Waals surface area contributed by atoms with Crippen molar-refractivity contribution in [1.82, 2.24) is 10.1 Å². The van der Waals surface area contributed by atoms with Crippen LogP contribution in [0, 0.1) is 6.92 Å². The molecule has 4 rings (SSSR count). The highest BCUT2D eigenvalue weighted by Gasteiger charge is 2.33. The van der Waals surface area contributed by atoms with Crippen LogP contribution in [0.1, 0.15) is 11.1 Å². The zero-order valence-electron chi connectivity index (χ0n) is 14.7. The van der Waals surface area contributed by atoms with Crippen LogP contribution < -0.4 is 0 Å². The number of carbonyl (C=O) groups excluding carboxylic acids is 1. The van der Waals surface area contributed by atoms with Gasteiger partial charge in [-0.25, -0.2) is 0 Å². The molecule has 140 valence electrons. The molecule has 2 aromatic carbocycles. The van der Waals surface area contributed by atoms with Gasteiger partial charge in [0.25, 0.3) is 5.91 Å². The van der Waals surface area contributed by atoms with Gasteiger partial charge < -0.3 is 9.63 Å². The van der Waals surface area contributed by atoms with Crippen LogP contribution in [-0.2, 0) is 9.59 Å². The van der Waals surface area contributed by atoms with Crippen molar-refractivity contribution in [2.24, 2.45) is 0 Å². The van der Waals surface area contributed by atoms with Crippen molar-refractivity contribution in [3.8, 4) is 11.3 Å². The Labute approximate surface area is 169 Å². The van der Waals surface area contributed by atoms with E-state index in [2.05, 4.69) is 5.16 Å². The Morgan fingerprint density at radius 1 is 1.29 bits per heavy atom. The molecule has 1 N–H and O–H groups in total. The number of aromatic nitrogens is 1. The van der Waals surface area contributed by atoms with Crippen molar-refractivity contribution in [3.63, 3.8) is 0 Å². The lowest BCUT2D eigenvalue weighted by Crippen LogP contribution is -2.33. The number of rotatable bonds is 4. The first-order valence-electron chi connectivity index (χ1n) is 8.36. The SMILES string of the molecule is Cc1ccc(-c2onc3ccc(/C=C4/SC(=S)N(CC(=O)O)C4=O)cc23)cc1. The second-order valence-electron chi connectivity index (χ2n) is 6.32. The summed E-state index contributed by atoms with van der Waals surface area (Å²) in [4.78, 5) is 24.8. The molecule has 0 atom stereocenters. The van der Waals surface area contributed by atoms with Gasteiger partial charge in [0.05, 0.1) is 10.3 Å². The monoisotopic (exact) mass is 410 g/mol. The molecule has 1 aliphatic heterocycles. The van der Waals surface area contributed by atoms with Gasteiger partial charge in [-0.05, 0) is 30.7 Å². The average Bonchev–Trinajstić information content (AvgIpc) is 3.18. The summed E-state index contributed by atoms with van der Waals surface area (Å²) in [5.74, 6) is -0.851. The van der Waals surface area contributed by atoms with Crippen molar-refractivity contribution >= 4 is 57.2 Å². The van der Waals surface area contributed by atoms with Crippen LogP contribution in [0.5, 0.6) is 0 Å². The van der Waals surface area contributed by atoms with Crippen LogP contribution in [0.3, 0.4) is 0 Å². The van der Waals surface area contributed by atoms with Gasteiger partial charge in [0, 0.05) is 5.56 Å². The van der Waals surface area contributed by atoms with Gasteiger partial charge in [0.2, 0.25) is 0 Å². The van der Waals surface area contributed by atoms with Crippen LogP contribution in [0.15, 0.2) is 51.9 Å². The molecule has 0 bridgehead atoms. The highest BCUT2D eigenvalue weighted by molar-refractivity contribution is 8.26. The maximum absolute atomic E-state index is 12.4. The summed E-state index contributed by atoms with van der Waals surface area (Å²) in [5.41, 5.74) is 3.56. The van der Waals surface area contributed by atoms with Crippen molar-refractivity contribution in [1.29, 1.82) is 0 Å². The van der Waals surface area contributed by atoms with Crippen LogP contribution in [-0.4, -0.2) is 37.9 Å². The van der Waals surface area contributed by atoms with Crippen molar-refractivity contribution < 1.29 is 19.2 Å². The largest absolute Gasteiger partial charge is 0.480 e. The van der Waals surface area contributed by atoms with E-state index >= 15 is 0 Å². The van der Waals surface area contributed by atoms with Crippen molar-refractivity contribution in [3.05, 3.63) is 58.5 Å². The number of carboxylic acids is 1. The van der Waals surface area contributed by atoms with Crippen molar-refractivity contribution in [2.75, 3.05) is 6.54 Å². The Morgan fingerprint density at radius 2 is 2.04 bits per heavy atom. The summed E-state index contributed by atoms with van der Waals surface area (Å²) in [6, 6.07) is 13.5. The fourth-order valence-electron chi connectivity index (χ4n) is 2.88. The smallest absolute Gasteiger partial charge is 0.323 e. The number of aryl methyl sites for hydroxylation is 1. The molecule has 6 nitrogen and oxygen atoms in total. The van der Waals surface area contributed by atoms with E-state index < -0.39 is 18.4 Å². The highest BCUT2D eigenvalue weighted by Crippen LogP contribution is 2.34. The summed E-state index contributed by atoms with van der Waals surface area (Å²) in [7, 11) is 0. The number of aliphatic carboxylic acids is 1. The van der Waals surface area contributed by atoms with E-state index in [0.717, 1.165) is 38.7 Å². The van der Waals surface area contributed by atoms with E-state index in [4.69, 9.17) is 21.8 Å². The maximum atomic E-state index is 12.4. The Hall–Kier alpha value is -2.97. The Bertz CT molecular complexity index is 1150. The molecule has 1 saturated heterocycles. The minimum absolute atomic E-state index is 0.241. The molecule has 1 amide bonds. The molecular weight excluding hydrogens is 396 g/mol. The Kier molecular flexibility index (Phi) is 4.74. The van der Waals surface area contributed by atoms with Crippen LogP contribution in [0.2, 0.25) is 0 Å². The van der Waals surface area contributed by atoms with Gasteiger partial charge in [0.15, 0.2) is 5.76 Å². The molecule has 0 unspecified atom stereocenters. The molecule has 0 aliphatic carbocycles. The third kappa shape index (κ3) is 3.44. The molecule has 0 radical (unpaired) electrons. The molecule has 3 aromatic rings. The first-order chi connectivity index (χ1) is 13.4. The van der Waals surface area contributed by atoms with Gasteiger partial charge in [-0.3, -0.25) is 14.5 Å². The van der Waals surface area contributed by atoms with E-state index in [1.54, 1.807) is 6.08 Å². The van der Waals surface area contributed by atoms with E-state index in [1.807, 2.05) is 49.4 Å². The lowest BCUT2D eigenvalue weighted by molar-refractivity contribution is -0.140. The van der Waals surface area contributed by atoms with Gasteiger partial charge >= 0.3 is 5.97 Å². The average molecular weight is 410 g/mol. The van der Waals surface area contributed by atoms with E-state index in [9.17, 15) is 9.59 Å². The molecule has 0 saturated carbocycles. The number of thioether (sulfide) groups is 1. The number of carboxylic acid groups (broad SMARTS) is 1. The van der Waals surface area contributed by atoms with Gasteiger partial charge in [-0.15, -0.1) is 0 Å². The number of fused-ring (bicyclic) bond motifs is 1. The molecular formula is C20H14N2O4S2. The molecule has 0 spiro atoms. The summed E-state index contributed by atoms with van der Waals surface area (Å²) in [6.45, 7) is 1.57. The summed E-state index contributed by atoms with van der Waals surface area (Å²) in [5, 5.41) is 13.9. The lowest BCUT2D eigenvalue weighted by atomic mass is 10.0. The molecule has 1 aliphatic rings. The fourth-order valence-corrected chi connectivity index (χ4v) is 4.14. The summed E-state index contributed by atoms with van der Waals surface area (Å²) >= 11 is 6.22. The van der Waals surface area contributed by atoms with Gasteiger partial charge in [-0.2, -0.15) is 0 Å². The van der Waals surface area contributed by atoms with E-state index in [1.165, 1.54) is 0 Å². The molecule has 2 heterocycles. The first kappa shape index (κ1) is 18.4. The third-order valence-electron chi connectivity index (χ3n) is 4.28. The number of nitrogens with zero attached hydrogens (tertiary/aromatic N) is 2. The number of thiocarbonyl (C=S) groups is 1. The standard InChI is InChI=1S/C20H14N2O4S2/c1-11-2-5-13(6-3-11)18-14-8-12(4-7-15(14)21-26-18)9-16-19(25)22(10-17(23)24)20(27)28-16/h2-9H,10H2,1H3,(H,23,24)/b16-9+. The number of hydrogen-bond donors (Lipinski definition) is 1. The fraction of sp³-hybridized carbons (Fsp3) is 0.100. The lowest BCUT2D eigenvalue weighted by Gasteiger charge is -2.10. The molecule has 28 heavy (non-hydrogen) atoms. The molecule has 8 heteroatoms. The highest BCUT2D eigenvalue weighted by atomic mass is 32.2. The second kappa shape index (κ2) is 7.21. The normalized spacial score (nSPS) is 15.8. The van der Waals surface area contributed by atoms with Gasteiger partial charge in [0.1, 0.15) is 16.4 Å². The van der Waals surface area contributed by atoms with Gasteiger partial charge in [-0.1, -0.05) is 65.0 Å². The number of amides is 1. The van der Waals surface area contributed by atoms with Crippen LogP contribution in [0.4, 0.5) is 0 Å². The Balaban J connectivity index is 1.70. The topological polar surface area (TPSA) is 83.6 Å². The molecule has 1 fully saturated rings. The second-order valence-corrected chi connectivity index (χ2v) is 7.99. The minimum Gasteiger partial charge on any atom is -0.480 e. The number of benzene rings is 2. The predicted molar refractivity (Wildman–Crippen MR) is 112 cm³/mol. The van der Waals surface area contributed by atoms with E-state index in [-0.39, 0.29) is 4.32 Å². The minimum atomic E-state index is -1.11. The zero-order valence-corrected chi connectivity index (χ0v) is 16.3. The predicted octanol–water partition coefficient (Wildman–Crippen LogP) is 4.09. The van der Waals surface area contributed by atoms with Crippen LogP contribution in [0.25, 0.3) is 28.3 Å². The molecule has 1 aromatic heterocycles. The quantitative estimate of drug-likeness (QED) is 0.512.